The molecule has 0 bridgehead atoms. The van der Waals surface area contributed by atoms with Gasteiger partial charge in [0, 0.05) is 28.5 Å². The molecule has 34 heavy (non-hydrogen) atoms. The fourth-order valence-electron chi connectivity index (χ4n) is 3.38. The summed E-state index contributed by atoms with van der Waals surface area (Å²) < 4.78 is 60.0. The number of amides is 3. The quantitative estimate of drug-likeness (QED) is 0.333. The van der Waals surface area contributed by atoms with E-state index < -0.39 is 42.7 Å². The fourth-order valence-corrected chi connectivity index (χ4v) is 3.96. The Morgan fingerprint density at radius 3 is 2.38 bits per heavy atom. The van der Waals surface area contributed by atoms with Gasteiger partial charge in [-0.3, -0.25) is 15.1 Å². The number of carbonyl (C=O) groups excluding carboxylic acids is 2. The van der Waals surface area contributed by atoms with Crippen LogP contribution in [0.4, 0.5) is 33.7 Å². The Bertz CT molecular complexity index is 1180. The summed E-state index contributed by atoms with van der Waals surface area (Å²) in [7, 11) is 0. The predicted octanol–water partition coefficient (Wildman–Crippen LogP) is 4.56. The van der Waals surface area contributed by atoms with Gasteiger partial charge in [-0.25, -0.2) is 4.79 Å². The van der Waals surface area contributed by atoms with E-state index in [1.165, 1.54) is 17.4 Å². The highest BCUT2D eigenvalue weighted by molar-refractivity contribution is 7.09. The van der Waals surface area contributed by atoms with E-state index in [0.29, 0.717) is 16.9 Å². The highest BCUT2D eigenvalue weighted by Gasteiger charge is 2.31. The molecule has 3 amide bonds. The van der Waals surface area contributed by atoms with E-state index in [2.05, 4.69) is 25.1 Å². The van der Waals surface area contributed by atoms with Gasteiger partial charge >= 0.3 is 19.3 Å². The Balaban J connectivity index is 1.75. The smallest absolute Gasteiger partial charge is 0.387 e. The first-order chi connectivity index (χ1) is 16.3. The van der Waals surface area contributed by atoms with Crippen LogP contribution in [0, 0.1) is 0 Å². The molecule has 1 atom stereocenters. The Kier molecular flexibility index (Phi) is 6.82. The lowest BCUT2D eigenvalue weighted by Crippen LogP contribution is -2.22. The zero-order valence-corrected chi connectivity index (χ0v) is 17.9. The van der Waals surface area contributed by atoms with Gasteiger partial charge in [0.05, 0.1) is 12.1 Å². The summed E-state index contributed by atoms with van der Waals surface area (Å²) in [5, 5.41) is 4.67. The number of carbonyl (C=O) groups is 2. The van der Waals surface area contributed by atoms with Gasteiger partial charge in [0.1, 0.15) is 6.04 Å². The number of imide groups is 1. The zero-order chi connectivity index (χ0) is 24.2. The number of alkyl halides is 4. The summed E-state index contributed by atoms with van der Waals surface area (Å²) in [6.45, 7) is -6.26. The zero-order valence-electron chi connectivity index (χ0n) is 17.1. The molecule has 2 aromatic carbocycles. The summed E-state index contributed by atoms with van der Waals surface area (Å²) >= 11 is 1.35. The Labute approximate surface area is 194 Å². The number of rotatable bonds is 9. The number of urea groups is 1. The van der Waals surface area contributed by atoms with Gasteiger partial charge in [-0.2, -0.15) is 17.6 Å². The molecule has 1 aliphatic heterocycles. The van der Waals surface area contributed by atoms with E-state index in [1.54, 1.807) is 40.9 Å². The van der Waals surface area contributed by atoms with Crippen molar-refractivity contribution < 1.29 is 36.6 Å². The van der Waals surface area contributed by atoms with E-state index in [9.17, 15) is 27.2 Å². The molecule has 2 heterocycles. The minimum atomic E-state index is -3.27. The monoisotopic (exact) mass is 496 g/mol. The van der Waals surface area contributed by atoms with Crippen molar-refractivity contribution in [3.05, 3.63) is 64.6 Å². The van der Waals surface area contributed by atoms with Crippen LogP contribution in [0.1, 0.15) is 16.5 Å². The molecule has 8 nitrogen and oxygen atoms in total. The van der Waals surface area contributed by atoms with Gasteiger partial charge in [-0.1, -0.05) is 12.1 Å². The molecule has 0 saturated carbocycles. The van der Waals surface area contributed by atoms with E-state index in [1.807, 2.05) is 0 Å². The van der Waals surface area contributed by atoms with Gasteiger partial charge in [0.25, 0.3) is 5.91 Å². The van der Waals surface area contributed by atoms with Gasteiger partial charge in [-0.05, 0) is 29.8 Å². The van der Waals surface area contributed by atoms with E-state index in [4.69, 9.17) is 0 Å². The molecule has 1 unspecified atom stereocenters. The second-order valence-corrected chi connectivity index (χ2v) is 7.90. The number of thiazole rings is 1. The maximum atomic E-state index is 12.9. The number of nitrogens with zero attached hydrogens (tertiary/aromatic N) is 2. The summed E-state index contributed by atoms with van der Waals surface area (Å²) in [6, 6.07) is 8.80. The summed E-state index contributed by atoms with van der Waals surface area (Å²) in [5.41, 5.74) is 2.96. The number of nitrogens with one attached hydrogen (secondary N) is 2. The van der Waals surface area contributed by atoms with Gasteiger partial charge in [-0.15, -0.1) is 11.3 Å². The SMILES string of the molecule is O=C1NC(=O)C(c2cccc(N(Cc3cncs3)c3ccc(OC(F)F)c(OC(F)F)c3)c2)N1. The third-order valence-corrected chi connectivity index (χ3v) is 5.52. The van der Waals surface area contributed by atoms with Gasteiger partial charge in [0.15, 0.2) is 11.5 Å². The molecular weight excluding hydrogens is 480 g/mol. The third kappa shape index (κ3) is 5.36. The minimum absolute atomic E-state index is 0.237. The van der Waals surface area contributed by atoms with Gasteiger partial charge in [0.2, 0.25) is 0 Å². The van der Waals surface area contributed by atoms with Crippen molar-refractivity contribution in [2.24, 2.45) is 0 Å². The standard InChI is InChI=1S/C21H16F4N4O4S/c22-19(23)32-15-5-4-13(7-16(15)33-20(24)25)29(9-14-8-26-10-34-14)12-3-1-2-11(6-12)17-18(30)28-21(31)27-17/h1-8,10,17,19-20H,9H2,(H2,27,28,30,31). The lowest BCUT2D eigenvalue weighted by Gasteiger charge is -2.26. The molecule has 0 aliphatic carbocycles. The Morgan fingerprint density at radius 2 is 1.74 bits per heavy atom. The van der Waals surface area contributed by atoms with Crippen LogP contribution < -0.4 is 25.0 Å². The molecule has 3 aromatic rings. The molecule has 4 rings (SSSR count). The maximum absolute atomic E-state index is 12.9. The van der Waals surface area contributed by atoms with Crippen LogP contribution in [0.5, 0.6) is 11.5 Å². The molecule has 1 aromatic heterocycles. The van der Waals surface area contributed by atoms with Crippen molar-refractivity contribution >= 4 is 34.6 Å². The van der Waals surface area contributed by atoms with E-state index in [0.717, 1.165) is 17.0 Å². The normalized spacial score (nSPS) is 15.4. The molecular formula is C21H16F4N4O4S. The molecule has 0 spiro atoms. The highest BCUT2D eigenvalue weighted by atomic mass is 32.1. The minimum Gasteiger partial charge on any atom is -0.431 e. The van der Waals surface area contributed by atoms with Crippen LogP contribution in [-0.2, 0) is 11.3 Å². The lowest BCUT2D eigenvalue weighted by molar-refractivity contribution is -0.120. The molecule has 13 heteroatoms. The van der Waals surface area contributed by atoms with Crippen molar-refractivity contribution in [1.82, 2.24) is 15.6 Å². The molecule has 1 saturated heterocycles. The van der Waals surface area contributed by atoms with Crippen LogP contribution in [0.2, 0.25) is 0 Å². The largest absolute Gasteiger partial charge is 0.431 e. The first-order valence-corrected chi connectivity index (χ1v) is 10.6. The first-order valence-electron chi connectivity index (χ1n) is 9.70. The van der Waals surface area contributed by atoms with Crippen LogP contribution in [0.25, 0.3) is 0 Å². The Morgan fingerprint density at radius 1 is 1.00 bits per heavy atom. The third-order valence-electron chi connectivity index (χ3n) is 4.76. The summed E-state index contributed by atoms with van der Waals surface area (Å²) in [4.78, 5) is 30.1. The molecule has 1 fully saturated rings. The van der Waals surface area contributed by atoms with Crippen molar-refractivity contribution in [1.29, 1.82) is 0 Å². The van der Waals surface area contributed by atoms with E-state index >= 15 is 0 Å². The summed E-state index contributed by atoms with van der Waals surface area (Å²) in [6.07, 6.45) is 1.62. The highest BCUT2D eigenvalue weighted by Crippen LogP contribution is 2.38. The van der Waals surface area contributed by atoms with Crippen molar-refractivity contribution in [2.45, 2.75) is 25.8 Å². The maximum Gasteiger partial charge on any atom is 0.387 e. The van der Waals surface area contributed by atoms with Crippen molar-refractivity contribution in [2.75, 3.05) is 4.90 Å². The molecule has 178 valence electrons. The lowest BCUT2D eigenvalue weighted by atomic mass is 10.1. The van der Waals surface area contributed by atoms with Gasteiger partial charge < -0.3 is 19.7 Å². The number of anilines is 2. The topological polar surface area (TPSA) is 92.8 Å². The average Bonchev–Trinajstić information content (AvgIpc) is 3.41. The van der Waals surface area contributed by atoms with Crippen LogP contribution >= 0.6 is 11.3 Å². The van der Waals surface area contributed by atoms with Crippen LogP contribution in [0.15, 0.2) is 54.2 Å². The Hall–Kier alpha value is -3.87. The summed E-state index contributed by atoms with van der Waals surface area (Å²) in [5.74, 6) is -1.63. The number of benzene rings is 2. The second kappa shape index (κ2) is 9.95. The van der Waals surface area contributed by atoms with Crippen molar-refractivity contribution in [3.8, 4) is 11.5 Å². The average molecular weight is 496 g/mol. The predicted molar refractivity (Wildman–Crippen MR) is 114 cm³/mol. The first kappa shape index (κ1) is 23.3. The number of aromatic nitrogens is 1. The van der Waals surface area contributed by atoms with E-state index in [-0.39, 0.29) is 6.54 Å². The number of ether oxygens (including phenoxy) is 2. The molecule has 0 radical (unpaired) electrons. The number of halogens is 4. The van der Waals surface area contributed by atoms with Crippen LogP contribution in [-0.4, -0.2) is 30.1 Å². The van der Waals surface area contributed by atoms with Crippen molar-refractivity contribution in [3.63, 3.8) is 0 Å². The molecule has 2 N–H and O–H groups in total. The van der Waals surface area contributed by atoms with Crippen LogP contribution in [0.3, 0.4) is 0 Å². The fraction of sp³-hybridized carbons (Fsp3) is 0.190. The molecule has 1 aliphatic rings. The second-order valence-electron chi connectivity index (χ2n) is 6.93. The number of hydrogen-bond donors (Lipinski definition) is 2. The number of hydrogen-bond acceptors (Lipinski definition) is 7.